The van der Waals surface area contributed by atoms with Crippen LogP contribution in [0.25, 0.3) is 0 Å². The highest BCUT2D eigenvalue weighted by atomic mass is 16.5. The van der Waals surface area contributed by atoms with Gasteiger partial charge >= 0.3 is 0 Å². The number of nitrogens with one attached hydrogen (secondary N) is 2. The van der Waals surface area contributed by atoms with Gasteiger partial charge in [-0.15, -0.1) is 0 Å². The van der Waals surface area contributed by atoms with Crippen molar-refractivity contribution >= 4 is 23.2 Å². The summed E-state index contributed by atoms with van der Waals surface area (Å²) in [6.45, 7) is 0.686. The monoisotopic (exact) mass is 277 g/mol. The highest BCUT2D eigenvalue weighted by Gasteiger charge is 2.16. The van der Waals surface area contributed by atoms with E-state index in [0.717, 1.165) is 19.3 Å². The molecular formula is C14H19N3O3. The van der Waals surface area contributed by atoms with Crippen molar-refractivity contribution in [3.05, 3.63) is 18.2 Å². The molecule has 0 spiro atoms. The number of rotatable bonds is 6. The van der Waals surface area contributed by atoms with E-state index in [1.54, 1.807) is 18.2 Å². The average molecular weight is 277 g/mol. The second-order valence-electron chi connectivity index (χ2n) is 4.70. The zero-order chi connectivity index (χ0) is 14.4. The molecule has 0 bridgehead atoms. The Kier molecular flexibility index (Phi) is 4.95. The van der Waals surface area contributed by atoms with Gasteiger partial charge in [0.1, 0.15) is 5.75 Å². The summed E-state index contributed by atoms with van der Waals surface area (Å²) in [5.74, 6) is 0.387. The number of carbonyl (C=O) groups is 2. The first-order valence-corrected chi connectivity index (χ1v) is 6.75. The van der Waals surface area contributed by atoms with E-state index >= 15 is 0 Å². The summed E-state index contributed by atoms with van der Waals surface area (Å²) < 4.78 is 5.25. The van der Waals surface area contributed by atoms with Gasteiger partial charge in [-0.05, 0) is 37.6 Å². The summed E-state index contributed by atoms with van der Waals surface area (Å²) in [4.78, 5) is 23.0. The fourth-order valence-electron chi connectivity index (χ4n) is 1.99. The van der Waals surface area contributed by atoms with Crippen LogP contribution in [0.15, 0.2) is 18.2 Å². The van der Waals surface area contributed by atoms with Gasteiger partial charge < -0.3 is 21.1 Å². The van der Waals surface area contributed by atoms with Gasteiger partial charge in [0.05, 0.1) is 5.69 Å². The number of ether oxygens (including phenoxy) is 1. The summed E-state index contributed by atoms with van der Waals surface area (Å²) in [6.07, 6.45) is 3.20. The minimum atomic E-state index is -0.192. The van der Waals surface area contributed by atoms with Gasteiger partial charge in [0.25, 0.3) is 5.91 Å². The van der Waals surface area contributed by atoms with Gasteiger partial charge in [0.2, 0.25) is 5.91 Å². The molecule has 0 unspecified atom stereocenters. The normalized spacial score (nSPS) is 13.2. The van der Waals surface area contributed by atoms with Crippen LogP contribution in [0, 0.1) is 0 Å². The molecular weight excluding hydrogens is 258 g/mol. The Morgan fingerprint density at radius 1 is 1.35 bits per heavy atom. The molecule has 0 aliphatic carbocycles. The minimum absolute atomic E-state index is 0.0276. The smallest absolute Gasteiger partial charge is 0.262 e. The number of hydrogen-bond donors (Lipinski definition) is 3. The number of hydrogen-bond acceptors (Lipinski definition) is 4. The number of nitrogens with two attached hydrogens (primary N) is 1. The van der Waals surface area contributed by atoms with Gasteiger partial charge in [-0.3, -0.25) is 9.59 Å². The van der Waals surface area contributed by atoms with Crippen molar-refractivity contribution < 1.29 is 14.3 Å². The third-order valence-electron chi connectivity index (χ3n) is 3.00. The molecule has 0 atom stereocenters. The van der Waals surface area contributed by atoms with Gasteiger partial charge in [0.15, 0.2) is 6.61 Å². The zero-order valence-electron chi connectivity index (χ0n) is 11.3. The maximum atomic E-state index is 11.7. The molecule has 0 saturated carbocycles. The first kappa shape index (κ1) is 14.3. The quantitative estimate of drug-likeness (QED) is 0.686. The second kappa shape index (κ2) is 6.91. The standard InChI is InChI=1S/C14H19N3O3/c15-7-3-1-2-4-13(18)16-10-5-6-12-11(8-10)17-14(19)9-20-12/h5-6,8H,1-4,7,9,15H2,(H,16,18)(H,17,19). The number of fused-ring (bicyclic) bond motifs is 1. The van der Waals surface area contributed by atoms with Crippen molar-refractivity contribution in [2.24, 2.45) is 5.73 Å². The summed E-state index contributed by atoms with van der Waals surface area (Å²) in [5.41, 5.74) is 6.63. The topological polar surface area (TPSA) is 93.5 Å². The van der Waals surface area contributed by atoms with Crippen LogP contribution in [-0.2, 0) is 9.59 Å². The van der Waals surface area contributed by atoms with Gasteiger partial charge in [-0.2, -0.15) is 0 Å². The van der Waals surface area contributed by atoms with E-state index in [2.05, 4.69) is 10.6 Å². The van der Waals surface area contributed by atoms with E-state index in [1.165, 1.54) is 0 Å². The van der Waals surface area contributed by atoms with Crippen molar-refractivity contribution in [1.29, 1.82) is 0 Å². The zero-order valence-corrected chi connectivity index (χ0v) is 11.3. The Labute approximate surface area is 117 Å². The van der Waals surface area contributed by atoms with E-state index in [-0.39, 0.29) is 18.4 Å². The van der Waals surface area contributed by atoms with Crippen LogP contribution in [0.3, 0.4) is 0 Å². The predicted molar refractivity (Wildman–Crippen MR) is 76.7 cm³/mol. The molecule has 20 heavy (non-hydrogen) atoms. The van der Waals surface area contributed by atoms with Crippen molar-refractivity contribution in [1.82, 2.24) is 0 Å². The summed E-state index contributed by atoms with van der Waals surface area (Å²) >= 11 is 0. The lowest BCUT2D eigenvalue weighted by Crippen LogP contribution is -2.25. The number of amides is 2. The van der Waals surface area contributed by atoms with E-state index in [9.17, 15) is 9.59 Å². The van der Waals surface area contributed by atoms with Crippen molar-refractivity contribution in [3.8, 4) is 5.75 Å². The first-order chi connectivity index (χ1) is 9.69. The maximum Gasteiger partial charge on any atom is 0.262 e. The fraction of sp³-hybridized carbons (Fsp3) is 0.429. The van der Waals surface area contributed by atoms with E-state index < -0.39 is 0 Å². The molecule has 1 aliphatic rings. The third-order valence-corrected chi connectivity index (χ3v) is 3.00. The maximum absolute atomic E-state index is 11.7. The summed E-state index contributed by atoms with van der Waals surface area (Å²) in [6, 6.07) is 5.19. The Hall–Kier alpha value is -2.08. The van der Waals surface area contributed by atoms with Crippen LogP contribution in [0.4, 0.5) is 11.4 Å². The lowest BCUT2D eigenvalue weighted by atomic mass is 10.2. The van der Waals surface area contributed by atoms with Gasteiger partial charge in [-0.1, -0.05) is 6.42 Å². The summed E-state index contributed by atoms with van der Waals surface area (Å²) in [7, 11) is 0. The van der Waals surface area contributed by atoms with Gasteiger partial charge in [-0.25, -0.2) is 0 Å². The number of unbranched alkanes of at least 4 members (excludes halogenated alkanes) is 2. The Balaban J connectivity index is 1.88. The Bertz CT molecular complexity index is 502. The molecule has 0 radical (unpaired) electrons. The number of carbonyl (C=O) groups excluding carboxylic acids is 2. The molecule has 1 aliphatic heterocycles. The van der Waals surface area contributed by atoms with Crippen LogP contribution in [-0.4, -0.2) is 25.0 Å². The molecule has 6 nitrogen and oxygen atoms in total. The van der Waals surface area contributed by atoms with E-state index in [0.29, 0.717) is 30.1 Å². The Morgan fingerprint density at radius 2 is 2.20 bits per heavy atom. The highest BCUT2D eigenvalue weighted by molar-refractivity contribution is 5.97. The molecule has 1 aromatic carbocycles. The molecule has 2 rings (SSSR count). The molecule has 1 aromatic rings. The molecule has 4 N–H and O–H groups in total. The van der Waals surface area contributed by atoms with Gasteiger partial charge in [0, 0.05) is 12.1 Å². The van der Waals surface area contributed by atoms with Crippen molar-refractivity contribution in [3.63, 3.8) is 0 Å². The third kappa shape index (κ3) is 3.96. The number of anilines is 2. The van der Waals surface area contributed by atoms with Crippen LogP contribution < -0.4 is 21.1 Å². The van der Waals surface area contributed by atoms with Crippen LogP contribution >= 0.6 is 0 Å². The molecule has 0 aromatic heterocycles. The van der Waals surface area contributed by atoms with Crippen LogP contribution in [0.2, 0.25) is 0 Å². The predicted octanol–water partition coefficient (Wildman–Crippen LogP) is 1.48. The molecule has 108 valence electrons. The molecule has 0 fully saturated rings. The molecule has 0 saturated heterocycles. The van der Waals surface area contributed by atoms with Crippen molar-refractivity contribution in [2.45, 2.75) is 25.7 Å². The Morgan fingerprint density at radius 3 is 3.00 bits per heavy atom. The summed E-state index contributed by atoms with van der Waals surface area (Å²) in [5, 5.41) is 5.51. The number of benzene rings is 1. The lowest BCUT2D eigenvalue weighted by Gasteiger charge is -2.18. The highest BCUT2D eigenvalue weighted by Crippen LogP contribution is 2.30. The largest absolute Gasteiger partial charge is 0.482 e. The first-order valence-electron chi connectivity index (χ1n) is 6.75. The second-order valence-corrected chi connectivity index (χ2v) is 4.70. The molecule has 1 heterocycles. The van der Waals surface area contributed by atoms with E-state index in [4.69, 9.17) is 10.5 Å². The molecule has 2 amide bonds. The van der Waals surface area contributed by atoms with Crippen molar-refractivity contribution in [2.75, 3.05) is 23.8 Å². The SMILES string of the molecule is NCCCCCC(=O)Nc1ccc2c(c1)NC(=O)CO2. The lowest BCUT2D eigenvalue weighted by molar-refractivity contribution is -0.118. The average Bonchev–Trinajstić information content (AvgIpc) is 2.43. The van der Waals surface area contributed by atoms with E-state index in [1.807, 2.05) is 0 Å². The van der Waals surface area contributed by atoms with Crippen LogP contribution in [0.1, 0.15) is 25.7 Å². The minimum Gasteiger partial charge on any atom is -0.482 e. The van der Waals surface area contributed by atoms with Crippen LogP contribution in [0.5, 0.6) is 5.75 Å². The fourth-order valence-corrected chi connectivity index (χ4v) is 1.99. The molecule has 6 heteroatoms.